The number of methoxy groups -OCH3 is 1. The summed E-state index contributed by atoms with van der Waals surface area (Å²) in [6.07, 6.45) is 0. The van der Waals surface area contributed by atoms with Gasteiger partial charge in [-0.15, -0.1) is 0 Å². The second kappa shape index (κ2) is 9.04. The Kier molecular flexibility index (Phi) is 7.05. The highest BCUT2D eigenvalue weighted by atomic mass is 35.5. The third kappa shape index (κ3) is 5.59. The molecule has 0 aliphatic heterocycles. The SMILES string of the molecule is COCc1cc(CN=C(N)NC(C)c2ccc(Cl)cc2Cl)ccc1F. The van der Waals surface area contributed by atoms with E-state index in [2.05, 4.69) is 10.3 Å². The van der Waals surface area contributed by atoms with E-state index in [1.54, 1.807) is 24.3 Å². The highest BCUT2D eigenvalue weighted by Crippen LogP contribution is 2.25. The lowest BCUT2D eigenvalue weighted by molar-refractivity contribution is 0.181. The van der Waals surface area contributed by atoms with Crippen LogP contribution in [0.1, 0.15) is 29.7 Å². The maximum Gasteiger partial charge on any atom is 0.189 e. The van der Waals surface area contributed by atoms with E-state index in [1.807, 2.05) is 13.0 Å². The Bertz CT molecular complexity index is 768. The van der Waals surface area contributed by atoms with E-state index in [9.17, 15) is 4.39 Å². The van der Waals surface area contributed by atoms with Gasteiger partial charge in [-0.25, -0.2) is 9.38 Å². The van der Waals surface area contributed by atoms with Crippen LogP contribution in [0.25, 0.3) is 0 Å². The Morgan fingerprint density at radius 1 is 1.28 bits per heavy atom. The first kappa shape index (κ1) is 19.5. The van der Waals surface area contributed by atoms with Gasteiger partial charge in [-0.1, -0.05) is 35.3 Å². The molecule has 2 aromatic rings. The van der Waals surface area contributed by atoms with Crippen molar-refractivity contribution in [2.45, 2.75) is 26.1 Å². The second-order valence-electron chi connectivity index (χ2n) is 5.59. The van der Waals surface area contributed by atoms with Crippen molar-refractivity contribution in [3.05, 3.63) is 69.0 Å². The monoisotopic (exact) mass is 383 g/mol. The van der Waals surface area contributed by atoms with Gasteiger partial charge in [0.15, 0.2) is 5.96 Å². The summed E-state index contributed by atoms with van der Waals surface area (Å²) in [4.78, 5) is 4.29. The molecule has 0 saturated heterocycles. The fraction of sp³-hybridized carbons (Fsp3) is 0.278. The van der Waals surface area contributed by atoms with Gasteiger partial charge in [0.25, 0.3) is 0 Å². The second-order valence-corrected chi connectivity index (χ2v) is 6.44. The van der Waals surface area contributed by atoms with Crippen LogP contribution in [0, 0.1) is 5.82 Å². The van der Waals surface area contributed by atoms with Crippen molar-refractivity contribution in [3.63, 3.8) is 0 Å². The Morgan fingerprint density at radius 3 is 2.72 bits per heavy atom. The van der Waals surface area contributed by atoms with E-state index in [-0.39, 0.29) is 24.4 Å². The standard InChI is InChI=1S/C18H20Cl2FN3O/c1-11(15-5-4-14(19)8-16(15)20)24-18(22)23-9-12-3-6-17(21)13(7-12)10-25-2/h3-8,11H,9-10H2,1-2H3,(H3,22,23,24). The first-order valence-corrected chi connectivity index (χ1v) is 8.44. The lowest BCUT2D eigenvalue weighted by Crippen LogP contribution is -2.34. The number of halogens is 3. The molecule has 134 valence electrons. The summed E-state index contributed by atoms with van der Waals surface area (Å²) in [5.41, 5.74) is 8.14. The lowest BCUT2D eigenvalue weighted by atomic mass is 10.1. The molecule has 4 nitrogen and oxygen atoms in total. The minimum atomic E-state index is -0.299. The van der Waals surface area contributed by atoms with Crippen LogP contribution in [0.5, 0.6) is 0 Å². The summed E-state index contributed by atoms with van der Waals surface area (Å²) in [6, 6.07) is 9.95. The van der Waals surface area contributed by atoms with Gasteiger partial charge in [-0.2, -0.15) is 0 Å². The summed E-state index contributed by atoms with van der Waals surface area (Å²) in [5.74, 6) is -0.0252. The molecule has 0 bridgehead atoms. The molecule has 25 heavy (non-hydrogen) atoms. The molecule has 2 aromatic carbocycles. The third-order valence-corrected chi connectivity index (χ3v) is 4.20. The first-order chi connectivity index (χ1) is 11.9. The van der Waals surface area contributed by atoms with Gasteiger partial charge in [-0.3, -0.25) is 0 Å². The number of hydrogen-bond donors (Lipinski definition) is 2. The van der Waals surface area contributed by atoms with Gasteiger partial charge in [0, 0.05) is 22.7 Å². The number of rotatable bonds is 6. The van der Waals surface area contributed by atoms with E-state index < -0.39 is 0 Å². The number of nitrogens with one attached hydrogen (secondary N) is 1. The average Bonchev–Trinajstić information content (AvgIpc) is 2.55. The molecule has 1 unspecified atom stereocenters. The molecule has 0 aliphatic carbocycles. The summed E-state index contributed by atoms with van der Waals surface area (Å²) >= 11 is 12.1. The molecule has 0 fully saturated rings. The summed E-state index contributed by atoms with van der Waals surface area (Å²) in [5, 5.41) is 4.21. The van der Waals surface area contributed by atoms with Crippen LogP contribution >= 0.6 is 23.2 Å². The molecule has 0 aromatic heterocycles. The number of aliphatic imine (C=N–C) groups is 1. The van der Waals surface area contributed by atoms with Gasteiger partial charge in [0.1, 0.15) is 5.82 Å². The van der Waals surface area contributed by atoms with Crippen molar-refractivity contribution in [1.82, 2.24) is 5.32 Å². The smallest absolute Gasteiger partial charge is 0.189 e. The molecular weight excluding hydrogens is 364 g/mol. The number of nitrogens with zero attached hydrogens (tertiary/aromatic N) is 1. The molecule has 3 N–H and O–H groups in total. The van der Waals surface area contributed by atoms with Crippen LogP contribution in [-0.2, 0) is 17.9 Å². The van der Waals surface area contributed by atoms with Gasteiger partial charge >= 0.3 is 0 Å². The minimum Gasteiger partial charge on any atom is -0.380 e. The summed E-state index contributed by atoms with van der Waals surface area (Å²) in [6.45, 7) is 2.46. The minimum absolute atomic E-state index is 0.134. The van der Waals surface area contributed by atoms with Gasteiger partial charge in [0.05, 0.1) is 19.2 Å². The number of nitrogens with two attached hydrogens (primary N) is 1. The molecule has 0 spiro atoms. The van der Waals surface area contributed by atoms with E-state index in [1.165, 1.54) is 13.2 Å². The highest BCUT2D eigenvalue weighted by molar-refractivity contribution is 6.35. The molecule has 2 rings (SSSR count). The topological polar surface area (TPSA) is 59.6 Å². The van der Waals surface area contributed by atoms with Crippen LogP contribution in [0.2, 0.25) is 10.0 Å². The number of guanidine groups is 1. The van der Waals surface area contributed by atoms with Crippen LogP contribution < -0.4 is 11.1 Å². The Balaban J connectivity index is 2.03. The zero-order valence-corrected chi connectivity index (χ0v) is 15.5. The fourth-order valence-electron chi connectivity index (χ4n) is 2.37. The Labute approximate surface area is 156 Å². The number of hydrogen-bond acceptors (Lipinski definition) is 2. The molecule has 7 heteroatoms. The zero-order valence-electron chi connectivity index (χ0n) is 14.0. The van der Waals surface area contributed by atoms with Crippen molar-refractivity contribution in [2.75, 3.05) is 7.11 Å². The van der Waals surface area contributed by atoms with Gasteiger partial charge < -0.3 is 15.8 Å². The van der Waals surface area contributed by atoms with Gasteiger partial charge in [0.2, 0.25) is 0 Å². The average molecular weight is 384 g/mol. The van der Waals surface area contributed by atoms with Crippen LogP contribution in [-0.4, -0.2) is 13.1 Å². The third-order valence-electron chi connectivity index (χ3n) is 3.64. The predicted molar refractivity (Wildman–Crippen MR) is 100 cm³/mol. The zero-order chi connectivity index (χ0) is 18.4. The number of benzene rings is 2. The van der Waals surface area contributed by atoms with Crippen molar-refractivity contribution in [1.29, 1.82) is 0 Å². The van der Waals surface area contributed by atoms with Crippen LogP contribution in [0.15, 0.2) is 41.4 Å². The highest BCUT2D eigenvalue weighted by Gasteiger charge is 2.11. The van der Waals surface area contributed by atoms with Crippen molar-refractivity contribution < 1.29 is 9.13 Å². The van der Waals surface area contributed by atoms with Crippen LogP contribution in [0.3, 0.4) is 0 Å². The predicted octanol–water partition coefficient (Wildman–Crippen LogP) is 4.44. The Hall–Kier alpha value is -1.82. The normalized spacial score (nSPS) is 12.9. The van der Waals surface area contributed by atoms with Gasteiger partial charge in [-0.05, 0) is 42.3 Å². The van der Waals surface area contributed by atoms with Crippen molar-refractivity contribution >= 4 is 29.2 Å². The summed E-state index contributed by atoms with van der Waals surface area (Å²) in [7, 11) is 1.52. The number of ether oxygens (including phenoxy) is 1. The molecular formula is C18H20Cl2FN3O. The van der Waals surface area contributed by atoms with Crippen molar-refractivity contribution in [3.8, 4) is 0 Å². The maximum absolute atomic E-state index is 13.6. The van der Waals surface area contributed by atoms with Crippen molar-refractivity contribution in [2.24, 2.45) is 10.7 Å². The molecule has 0 amide bonds. The van der Waals surface area contributed by atoms with E-state index in [0.717, 1.165) is 11.1 Å². The molecule has 1 atom stereocenters. The maximum atomic E-state index is 13.6. The molecule has 0 saturated carbocycles. The van der Waals surface area contributed by atoms with E-state index in [0.29, 0.717) is 22.2 Å². The quantitative estimate of drug-likeness (QED) is 0.572. The van der Waals surface area contributed by atoms with Crippen LogP contribution in [0.4, 0.5) is 4.39 Å². The molecule has 0 heterocycles. The summed E-state index contributed by atoms with van der Waals surface area (Å²) < 4.78 is 18.6. The largest absolute Gasteiger partial charge is 0.380 e. The first-order valence-electron chi connectivity index (χ1n) is 7.68. The molecule has 0 aliphatic rings. The fourth-order valence-corrected chi connectivity index (χ4v) is 2.94. The Morgan fingerprint density at radius 2 is 2.04 bits per heavy atom. The van der Waals surface area contributed by atoms with E-state index >= 15 is 0 Å². The lowest BCUT2D eigenvalue weighted by Gasteiger charge is -2.16. The molecule has 0 radical (unpaired) electrons. The van der Waals surface area contributed by atoms with E-state index in [4.69, 9.17) is 33.7 Å².